The molecule has 1 aliphatic heterocycles. The molecule has 160 valence electrons. The third-order valence-corrected chi connectivity index (χ3v) is 7.19. The van der Waals surface area contributed by atoms with Crippen molar-refractivity contribution in [3.05, 3.63) is 52.5 Å². The second-order valence-corrected chi connectivity index (χ2v) is 9.98. The lowest BCUT2D eigenvalue weighted by atomic mass is 10.1. The van der Waals surface area contributed by atoms with Crippen molar-refractivity contribution in [2.45, 2.75) is 38.1 Å². The molecule has 0 saturated carbocycles. The Labute approximate surface area is 181 Å². The molecule has 1 N–H and O–H groups in total. The van der Waals surface area contributed by atoms with Crippen molar-refractivity contribution < 1.29 is 18.0 Å². The number of nitrogens with one attached hydrogen (secondary N) is 1. The molecule has 2 amide bonds. The average Bonchev–Trinajstić information content (AvgIpc) is 2.99. The van der Waals surface area contributed by atoms with Crippen LogP contribution in [0.1, 0.15) is 25.0 Å². The number of anilines is 2. The molecule has 2 aromatic carbocycles. The number of aryl methyl sites for hydroxylation is 1. The quantitative estimate of drug-likeness (QED) is 0.759. The maximum atomic E-state index is 13.0. The average molecular weight is 450 g/mol. The molecule has 1 heterocycles. The van der Waals surface area contributed by atoms with Crippen LogP contribution < -0.4 is 10.2 Å². The third-order valence-electron chi connectivity index (χ3n) is 5.15. The summed E-state index contributed by atoms with van der Waals surface area (Å²) in [5.74, 6) is -0.550. The largest absolute Gasteiger partial charge is 0.325 e. The zero-order chi connectivity index (χ0) is 22.2. The van der Waals surface area contributed by atoms with Crippen LogP contribution in [0.3, 0.4) is 0 Å². The first-order valence-electron chi connectivity index (χ1n) is 9.45. The van der Waals surface area contributed by atoms with E-state index in [1.54, 1.807) is 35.2 Å². The summed E-state index contributed by atoms with van der Waals surface area (Å²) in [6, 6.07) is 9.78. The number of fused-ring (bicyclic) bond motifs is 1. The first-order chi connectivity index (χ1) is 14.0. The highest BCUT2D eigenvalue weighted by molar-refractivity contribution is 7.89. The van der Waals surface area contributed by atoms with Crippen LogP contribution in [-0.2, 0) is 26.0 Å². The van der Waals surface area contributed by atoms with E-state index >= 15 is 0 Å². The van der Waals surface area contributed by atoms with Crippen LogP contribution in [-0.4, -0.2) is 44.2 Å². The van der Waals surface area contributed by atoms with E-state index in [-0.39, 0.29) is 23.4 Å². The molecular formula is C21H24ClN3O4S. The van der Waals surface area contributed by atoms with Gasteiger partial charge in [-0.2, -0.15) is 4.31 Å². The molecule has 1 atom stereocenters. The molecule has 0 fully saturated rings. The number of sulfonamides is 1. The van der Waals surface area contributed by atoms with Crippen molar-refractivity contribution >= 4 is 44.8 Å². The lowest BCUT2D eigenvalue weighted by Gasteiger charge is -2.21. The fourth-order valence-electron chi connectivity index (χ4n) is 3.63. The number of likely N-dealkylation sites (N-methyl/N-ethyl adjacent to an activating group) is 1. The zero-order valence-electron chi connectivity index (χ0n) is 17.3. The van der Waals surface area contributed by atoms with E-state index < -0.39 is 15.9 Å². The minimum absolute atomic E-state index is 0.0279. The lowest BCUT2D eigenvalue weighted by molar-refractivity contribution is -0.117. The molecule has 1 unspecified atom stereocenters. The Kier molecular flexibility index (Phi) is 6.21. The predicted octanol–water partition coefficient (Wildman–Crippen LogP) is 3.21. The van der Waals surface area contributed by atoms with Gasteiger partial charge in [0.15, 0.2) is 0 Å². The molecule has 0 aromatic heterocycles. The van der Waals surface area contributed by atoms with Crippen molar-refractivity contribution in [3.63, 3.8) is 0 Å². The number of benzene rings is 2. The molecule has 1 aliphatic rings. The summed E-state index contributed by atoms with van der Waals surface area (Å²) < 4.78 is 27.0. The highest BCUT2D eigenvalue weighted by Crippen LogP contribution is 2.34. The van der Waals surface area contributed by atoms with E-state index in [2.05, 4.69) is 5.32 Å². The Morgan fingerprint density at radius 1 is 1.23 bits per heavy atom. The Morgan fingerprint density at radius 3 is 2.60 bits per heavy atom. The number of hydrogen-bond donors (Lipinski definition) is 1. The summed E-state index contributed by atoms with van der Waals surface area (Å²) in [4.78, 5) is 26.0. The Morgan fingerprint density at radius 2 is 1.93 bits per heavy atom. The molecule has 2 aromatic rings. The number of halogens is 1. The SMILES string of the molecule is CC(=O)N1c2ccc(S(=O)(=O)N(C)CC(=O)Nc3cc(Cl)ccc3C)cc2CC1C. The standard InChI is InChI=1S/C21H24ClN3O4S/c1-13-5-6-17(22)11-19(13)23-21(27)12-24(4)30(28,29)18-7-8-20-16(10-18)9-14(2)25(20)15(3)26/h5-8,10-11,14H,9,12H2,1-4H3,(H,23,27). The van der Waals surface area contributed by atoms with E-state index in [0.29, 0.717) is 17.1 Å². The van der Waals surface area contributed by atoms with Gasteiger partial charge >= 0.3 is 0 Å². The molecule has 0 radical (unpaired) electrons. The van der Waals surface area contributed by atoms with Gasteiger partial charge < -0.3 is 10.2 Å². The first-order valence-corrected chi connectivity index (χ1v) is 11.3. The van der Waals surface area contributed by atoms with Gasteiger partial charge in [-0.1, -0.05) is 17.7 Å². The third kappa shape index (κ3) is 4.35. The number of rotatable bonds is 5. The van der Waals surface area contributed by atoms with Crippen LogP contribution in [0.15, 0.2) is 41.3 Å². The second kappa shape index (κ2) is 8.37. The molecule has 7 nitrogen and oxygen atoms in total. The normalized spacial score (nSPS) is 15.9. The van der Waals surface area contributed by atoms with Crippen LogP contribution in [0.4, 0.5) is 11.4 Å². The summed E-state index contributed by atoms with van der Waals surface area (Å²) in [5, 5.41) is 3.17. The molecule has 3 rings (SSSR count). The summed E-state index contributed by atoms with van der Waals surface area (Å²) in [7, 11) is -2.52. The van der Waals surface area contributed by atoms with Gasteiger partial charge in [-0.3, -0.25) is 9.59 Å². The number of carbonyl (C=O) groups is 2. The van der Waals surface area contributed by atoms with Crippen LogP contribution in [0.2, 0.25) is 5.02 Å². The number of hydrogen-bond acceptors (Lipinski definition) is 4. The summed E-state index contributed by atoms with van der Waals surface area (Å²) >= 11 is 5.96. The summed E-state index contributed by atoms with van der Waals surface area (Å²) in [6.45, 7) is 4.89. The van der Waals surface area contributed by atoms with Crippen molar-refractivity contribution in [2.75, 3.05) is 23.8 Å². The smallest absolute Gasteiger partial charge is 0.243 e. The predicted molar refractivity (Wildman–Crippen MR) is 117 cm³/mol. The fourth-order valence-corrected chi connectivity index (χ4v) is 4.98. The van der Waals surface area contributed by atoms with Crippen molar-refractivity contribution in [3.8, 4) is 0 Å². The zero-order valence-corrected chi connectivity index (χ0v) is 18.8. The van der Waals surface area contributed by atoms with E-state index in [9.17, 15) is 18.0 Å². The topological polar surface area (TPSA) is 86.8 Å². The molecule has 0 bridgehead atoms. The van der Waals surface area contributed by atoms with Gasteiger partial charge in [-0.15, -0.1) is 0 Å². The van der Waals surface area contributed by atoms with E-state index in [0.717, 1.165) is 21.1 Å². The Bertz CT molecular complexity index is 1120. The van der Waals surface area contributed by atoms with E-state index in [4.69, 9.17) is 11.6 Å². The van der Waals surface area contributed by atoms with Gasteiger partial charge in [0.25, 0.3) is 0 Å². The van der Waals surface area contributed by atoms with Gasteiger partial charge in [0.2, 0.25) is 21.8 Å². The van der Waals surface area contributed by atoms with Crippen LogP contribution in [0, 0.1) is 6.92 Å². The van der Waals surface area contributed by atoms with E-state index in [1.807, 2.05) is 13.8 Å². The molecule has 0 spiro atoms. The van der Waals surface area contributed by atoms with Crippen molar-refractivity contribution in [2.24, 2.45) is 0 Å². The monoisotopic (exact) mass is 449 g/mol. The Hall–Kier alpha value is -2.42. The maximum Gasteiger partial charge on any atom is 0.243 e. The Balaban J connectivity index is 1.77. The van der Waals surface area contributed by atoms with Gasteiger partial charge in [0, 0.05) is 36.4 Å². The number of carbonyl (C=O) groups excluding carboxylic acids is 2. The fraction of sp³-hybridized carbons (Fsp3) is 0.333. The van der Waals surface area contributed by atoms with Crippen LogP contribution in [0.25, 0.3) is 0 Å². The highest BCUT2D eigenvalue weighted by Gasteiger charge is 2.31. The molecule has 0 aliphatic carbocycles. The van der Waals surface area contributed by atoms with Gasteiger partial charge in [0.05, 0.1) is 11.4 Å². The summed E-state index contributed by atoms with van der Waals surface area (Å²) in [6.07, 6.45) is 0.580. The molecular weight excluding hydrogens is 426 g/mol. The van der Waals surface area contributed by atoms with Crippen molar-refractivity contribution in [1.82, 2.24) is 4.31 Å². The van der Waals surface area contributed by atoms with Gasteiger partial charge in [-0.05, 0) is 61.7 Å². The molecule has 9 heteroatoms. The highest BCUT2D eigenvalue weighted by atomic mass is 35.5. The maximum absolute atomic E-state index is 13.0. The number of amides is 2. The summed E-state index contributed by atoms with van der Waals surface area (Å²) in [5.41, 5.74) is 2.88. The first kappa shape index (κ1) is 22.3. The second-order valence-electron chi connectivity index (χ2n) is 7.50. The lowest BCUT2D eigenvalue weighted by Crippen LogP contribution is -2.35. The minimum atomic E-state index is -3.88. The van der Waals surface area contributed by atoms with Crippen LogP contribution in [0.5, 0.6) is 0 Å². The van der Waals surface area contributed by atoms with Gasteiger partial charge in [-0.25, -0.2) is 8.42 Å². The molecule has 30 heavy (non-hydrogen) atoms. The van der Waals surface area contributed by atoms with Gasteiger partial charge in [0.1, 0.15) is 0 Å². The van der Waals surface area contributed by atoms with Crippen molar-refractivity contribution in [1.29, 1.82) is 0 Å². The minimum Gasteiger partial charge on any atom is -0.325 e. The number of nitrogens with zero attached hydrogens (tertiary/aromatic N) is 2. The van der Waals surface area contributed by atoms with E-state index in [1.165, 1.54) is 20.0 Å². The van der Waals surface area contributed by atoms with Crippen LogP contribution >= 0.6 is 11.6 Å². The molecule has 0 saturated heterocycles.